The van der Waals surface area contributed by atoms with Crippen LogP contribution in [0.5, 0.6) is 0 Å². The topological polar surface area (TPSA) is 98.4 Å². The zero-order valence-electron chi connectivity index (χ0n) is 20.0. The van der Waals surface area contributed by atoms with Gasteiger partial charge < -0.3 is 13.9 Å². The van der Waals surface area contributed by atoms with E-state index in [2.05, 4.69) is 4.99 Å². The van der Waals surface area contributed by atoms with Gasteiger partial charge in [0, 0.05) is 18.2 Å². The maximum atomic E-state index is 13.0. The number of thioether (sulfide) groups is 1. The van der Waals surface area contributed by atoms with Gasteiger partial charge in [-0.05, 0) is 62.0 Å². The predicted octanol–water partition coefficient (Wildman–Crippen LogP) is 5.53. The minimum absolute atomic E-state index is 0.199. The smallest absolute Gasteiger partial charge is 0.338 e. The average Bonchev–Trinajstić information content (AvgIpc) is 3.48. The van der Waals surface area contributed by atoms with Gasteiger partial charge in [-0.25, -0.2) is 14.6 Å². The van der Waals surface area contributed by atoms with Gasteiger partial charge in [0.25, 0.3) is 5.91 Å². The fourth-order valence-electron chi connectivity index (χ4n) is 3.59. The van der Waals surface area contributed by atoms with Crippen LogP contribution in [0, 0.1) is 0 Å². The maximum absolute atomic E-state index is 13.0. The van der Waals surface area contributed by atoms with Gasteiger partial charge in [-0.15, -0.1) is 0 Å². The van der Waals surface area contributed by atoms with E-state index >= 15 is 0 Å². The molecule has 0 saturated carbocycles. The lowest BCUT2D eigenvalue weighted by Gasteiger charge is -2.12. The zero-order valence-corrected chi connectivity index (χ0v) is 20.8. The molecule has 8 nitrogen and oxygen atoms in total. The Balaban J connectivity index is 1.61. The van der Waals surface area contributed by atoms with Gasteiger partial charge in [0.15, 0.2) is 5.17 Å². The summed E-state index contributed by atoms with van der Waals surface area (Å²) in [5.41, 5.74) is 1.91. The molecule has 4 rings (SSSR count). The second-order valence-electron chi connectivity index (χ2n) is 7.56. The lowest BCUT2D eigenvalue weighted by molar-refractivity contribution is -0.122. The van der Waals surface area contributed by atoms with Crippen molar-refractivity contribution in [3.63, 3.8) is 0 Å². The predicted molar refractivity (Wildman–Crippen MR) is 138 cm³/mol. The molecule has 36 heavy (non-hydrogen) atoms. The summed E-state index contributed by atoms with van der Waals surface area (Å²) in [6, 6.07) is 17.2. The second-order valence-corrected chi connectivity index (χ2v) is 8.57. The molecule has 2 heterocycles. The highest BCUT2D eigenvalue weighted by Gasteiger charge is 2.32. The molecule has 0 atom stereocenters. The summed E-state index contributed by atoms with van der Waals surface area (Å²) in [7, 11) is 1.32. The number of aliphatic imine (C=N–C) groups is 1. The molecule has 0 aliphatic carbocycles. The molecule has 1 amide bonds. The fourth-order valence-corrected chi connectivity index (χ4v) is 4.63. The molecular formula is C27H24N2O6S. The Morgan fingerprint density at radius 1 is 1.06 bits per heavy atom. The SMILES string of the molecule is CCOC(=O)c1ccccc1-c1ccc(C=C2SC(=Nc3cccc(C(=O)OC)c3)N(CC)C2=O)o1. The number of carbonyl (C=O) groups excluding carboxylic acids is 3. The second kappa shape index (κ2) is 11.1. The van der Waals surface area contributed by atoms with Crippen molar-refractivity contribution >= 4 is 46.5 Å². The van der Waals surface area contributed by atoms with Crippen molar-refractivity contribution in [2.24, 2.45) is 4.99 Å². The van der Waals surface area contributed by atoms with Gasteiger partial charge in [-0.2, -0.15) is 0 Å². The van der Waals surface area contributed by atoms with Gasteiger partial charge in [0.05, 0.1) is 35.4 Å². The van der Waals surface area contributed by atoms with Crippen molar-refractivity contribution in [3.05, 3.63) is 82.5 Å². The van der Waals surface area contributed by atoms with Crippen molar-refractivity contribution in [3.8, 4) is 11.3 Å². The number of hydrogen-bond acceptors (Lipinski definition) is 8. The number of benzene rings is 2. The van der Waals surface area contributed by atoms with Crippen LogP contribution in [0.15, 0.2) is 75.0 Å². The van der Waals surface area contributed by atoms with E-state index in [0.717, 1.165) is 0 Å². The summed E-state index contributed by atoms with van der Waals surface area (Å²) in [5.74, 6) is -0.138. The quantitative estimate of drug-likeness (QED) is 0.308. The molecule has 3 aromatic rings. The van der Waals surface area contributed by atoms with Crippen LogP contribution in [0.2, 0.25) is 0 Å². The number of methoxy groups -OCH3 is 1. The van der Waals surface area contributed by atoms with Gasteiger partial charge in [0.2, 0.25) is 0 Å². The van der Waals surface area contributed by atoms with Gasteiger partial charge >= 0.3 is 11.9 Å². The number of esters is 2. The standard InChI is InChI=1S/C27H24N2O6S/c1-4-29-24(30)23(36-27(29)28-18-10-8-9-17(15-18)25(31)33-3)16-19-13-14-22(35-19)20-11-6-7-12-21(20)26(32)34-5-2/h6-16H,4-5H2,1-3H3. The summed E-state index contributed by atoms with van der Waals surface area (Å²) in [4.78, 5) is 43.8. The highest BCUT2D eigenvalue weighted by molar-refractivity contribution is 8.18. The van der Waals surface area contributed by atoms with E-state index in [1.165, 1.54) is 18.9 Å². The molecule has 0 spiro atoms. The van der Waals surface area contributed by atoms with E-state index in [-0.39, 0.29) is 12.5 Å². The fraction of sp³-hybridized carbons (Fsp3) is 0.185. The number of likely N-dealkylation sites (N-methyl/N-ethyl adjacent to an activating group) is 1. The van der Waals surface area contributed by atoms with Crippen LogP contribution in [-0.2, 0) is 14.3 Å². The molecule has 1 aliphatic rings. The molecule has 0 bridgehead atoms. The summed E-state index contributed by atoms with van der Waals surface area (Å²) in [5, 5.41) is 0.496. The van der Waals surface area contributed by atoms with Crippen LogP contribution in [0.4, 0.5) is 5.69 Å². The number of furan rings is 1. The number of nitrogens with zero attached hydrogens (tertiary/aromatic N) is 2. The lowest BCUT2D eigenvalue weighted by Crippen LogP contribution is -2.28. The third kappa shape index (κ3) is 5.26. The lowest BCUT2D eigenvalue weighted by atomic mass is 10.1. The Morgan fingerprint density at radius 3 is 2.61 bits per heavy atom. The van der Waals surface area contributed by atoms with Crippen molar-refractivity contribution in [1.82, 2.24) is 4.90 Å². The first kappa shape index (κ1) is 25.0. The third-order valence-electron chi connectivity index (χ3n) is 5.28. The molecule has 184 valence electrons. The molecule has 1 aliphatic heterocycles. The van der Waals surface area contributed by atoms with E-state index in [0.29, 0.717) is 50.5 Å². The Bertz CT molecular complexity index is 1370. The number of ether oxygens (including phenoxy) is 2. The first-order chi connectivity index (χ1) is 17.4. The van der Waals surface area contributed by atoms with Gasteiger partial charge in [-0.3, -0.25) is 9.69 Å². The normalized spacial score (nSPS) is 15.5. The largest absolute Gasteiger partial charge is 0.465 e. The van der Waals surface area contributed by atoms with Crippen LogP contribution >= 0.6 is 11.8 Å². The zero-order chi connectivity index (χ0) is 25.7. The van der Waals surface area contributed by atoms with E-state index in [4.69, 9.17) is 13.9 Å². The molecule has 1 saturated heterocycles. The number of amides is 1. The Hall–Kier alpha value is -4.11. The van der Waals surface area contributed by atoms with Gasteiger partial charge in [-0.1, -0.05) is 24.3 Å². The summed E-state index contributed by atoms with van der Waals surface area (Å²) >= 11 is 1.22. The molecule has 0 radical (unpaired) electrons. The molecule has 0 unspecified atom stereocenters. The summed E-state index contributed by atoms with van der Waals surface area (Å²) < 4.78 is 15.9. The minimum atomic E-state index is -0.460. The molecule has 1 aromatic heterocycles. The molecule has 1 fully saturated rings. The maximum Gasteiger partial charge on any atom is 0.338 e. The monoisotopic (exact) mass is 504 g/mol. The van der Waals surface area contributed by atoms with Crippen molar-refractivity contribution in [2.45, 2.75) is 13.8 Å². The highest BCUT2D eigenvalue weighted by Crippen LogP contribution is 2.35. The number of amidine groups is 1. The number of hydrogen-bond donors (Lipinski definition) is 0. The first-order valence-electron chi connectivity index (χ1n) is 11.3. The molecule has 0 N–H and O–H groups in total. The van der Waals surface area contributed by atoms with Gasteiger partial charge in [0.1, 0.15) is 11.5 Å². The van der Waals surface area contributed by atoms with Crippen LogP contribution < -0.4 is 0 Å². The van der Waals surface area contributed by atoms with Crippen molar-refractivity contribution in [1.29, 1.82) is 0 Å². The Morgan fingerprint density at radius 2 is 1.86 bits per heavy atom. The third-order valence-corrected chi connectivity index (χ3v) is 6.29. The average molecular weight is 505 g/mol. The van der Waals surface area contributed by atoms with Crippen LogP contribution in [0.1, 0.15) is 40.3 Å². The summed E-state index contributed by atoms with van der Waals surface area (Å²) in [6.07, 6.45) is 1.65. The first-order valence-corrected chi connectivity index (χ1v) is 12.1. The molecule has 2 aromatic carbocycles. The van der Waals surface area contributed by atoms with Crippen molar-refractivity contribution in [2.75, 3.05) is 20.3 Å². The van der Waals surface area contributed by atoms with Crippen LogP contribution in [0.25, 0.3) is 17.4 Å². The van der Waals surface area contributed by atoms with Crippen LogP contribution in [-0.4, -0.2) is 48.2 Å². The molecule has 9 heteroatoms. The van der Waals surface area contributed by atoms with E-state index in [9.17, 15) is 14.4 Å². The van der Waals surface area contributed by atoms with E-state index in [1.54, 1.807) is 72.5 Å². The Labute approximate surface area is 212 Å². The highest BCUT2D eigenvalue weighted by atomic mass is 32.2. The molecular weight excluding hydrogens is 480 g/mol. The number of rotatable bonds is 7. The number of carbonyl (C=O) groups is 3. The van der Waals surface area contributed by atoms with E-state index in [1.807, 2.05) is 13.0 Å². The van der Waals surface area contributed by atoms with Crippen LogP contribution in [0.3, 0.4) is 0 Å². The van der Waals surface area contributed by atoms with E-state index < -0.39 is 11.9 Å². The van der Waals surface area contributed by atoms with Crippen molar-refractivity contribution < 1.29 is 28.3 Å². The summed E-state index contributed by atoms with van der Waals surface area (Å²) in [6.45, 7) is 4.31. The minimum Gasteiger partial charge on any atom is -0.465 e. The Kier molecular flexibility index (Phi) is 7.70.